The summed E-state index contributed by atoms with van der Waals surface area (Å²) in [5.41, 5.74) is 2.88. The van der Waals surface area contributed by atoms with Crippen LogP contribution in [0, 0.1) is 6.92 Å². The molecule has 1 aliphatic heterocycles. The number of nitrogens with zero attached hydrogens (tertiary/aromatic N) is 3. The summed E-state index contributed by atoms with van der Waals surface area (Å²) in [6.07, 6.45) is 2.85. The molecule has 1 saturated heterocycles. The van der Waals surface area contributed by atoms with Gasteiger partial charge in [0.05, 0.1) is 21.5 Å². The minimum atomic E-state index is -3.53. The molecular formula is C23H27N3O4S. The molecule has 0 unspecified atom stereocenters. The van der Waals surface area contributed by atoms with E-state index in [-0.39, 0.29) is 11.5 Å². The summed E-state index contributed by atoms with van der Waals surface area (Å²) in [6, 6.07) is 12.3. The Morgan fingerprint density at radius 3 is 2.58 bits per heavy atom. The summed E-state index contributed by atoms with van der Waals surface area (Å²) >= 11 is 0. The van der Waals surface area contributed by atoms with E-state index in [4.69, 9.17) is 4.74 Å². The molecule has 4 rings (SSSR count). The fourth-order valence-corrected chi connectivity index (χ4v) is 5.56. The smallest absolute Gasteiger partial charge is 0.338 e. The van der Waals surface area contributed by atoms with E-state index in [9.17, 15) is 13.2 Å². The number of carbonyl (C=O) groups excluding carboxylic acids is 1. The van der Waals surface area contributed by atoms with Crippen LogP contribution in [0.25, 0.3) is 11.0 Å². The molecule has 0 amide bonds. The first-order chi connectivity index (χ1) is 14.9. The maximum absolute atomic E-state index is 13.0. The molecule has 0 bridgehead atoms. The Morgan fingerprint density at radius 1 is 1.10 bits per heavy atom. The summed E-state index contributed by atoms with van der Waals surface area (Å²) < 4.78 is 35.0. The fourth-order valence-electron chi connectivity index (χ4n) is 4.02. The number of imidazole rings is 1. The number of sulfonamides is 1. The highest BCUT2D eigenvalue weighted by Gasteiger charge is 2.26. The Bertz CT molecular complexity index is 1210. The van der Waals surface area contributed by atoms with Crippen LogP contribution in [0.3, 0.4) is 0 Å². The topological polar surface area (TPSA) is 81.5 Å². The van der Waals surface area contributed by atoms with E-state index in [0.717, 1.165) is 30.3 Å². The molecule has 0 atom stereocenters. The lowest BCUT2D eigenvalue weighted by Crippen LogP contribution is -2.35. The molecule has 0 radical (unpaired) electrons. The third-order valence-electron chi connectivity index (χ3n) is 5.65. The quantitative estimate of drug-likeness (QED) is 0.542. The first-order valence-corrected chi connectivity index (χ1v) is 12.1. The molecule has 0 aliphatic carbocycles. The number of fused-ring (bicyclic) bond motifs is 1. The average Bonchev–Trinajstić information content (AvgIpc) is 3.14. The van der Waals surface area contributed by atoms with Crippen LogP contribution in [-0.4, -0.2) is 41.3 Å². The van der Waals surface area contributed by atoms with Gasteiger partial charge in [-0.1, -0.05) is 24.1 Å². The summed E-state index contributed by atoms with van der Waals surface area (Å²) in [4.78, 5) is 17.2. The maximum Gasteiger partial charge on any atom is 0.338 e. The van der Waals surface area contributed by atoms with Crippen LogP contribution < -0.4 is 0 Å². The van der Waals surface area contributed by atoms with E-state index in [1.807, 2.05) is 30.5 Å². The van der Waals surface area contributed by atoms with Crippen LogP contribution in [0.1, 0.15) is 47.9 Å². The first kappa shape index (κ1) is 21.5. The van der Waals surface area contributed by atoms with Crippen LogP contribution >= 0.6 is 0 Å². The predicted molar refractivity (Wildman–Crippen MR) is 118 cm³/mol. The van der Waals surface area contributed by atoms with E-state index < -0.39 is 16.0 Å². The zero-order valence-electron chi connectivity index (χ0n) is 17.9. The maximum atomic E-state index is 13.0. The molecule has 8 heteroatoms. The van der Waals surface area contributed by atoms with Gasteiger partial charge in [0.2, 0.25) is 10.0 Å². The largest absolute Gasteiger partial charge is 0.454 e. The van der Waals surface area contributed by atoms with Crippen molar-refractivity contribution in [3.63, 3.8) is 0 Å². The summed E-state index contributed by atoms with van der Waals surface area (Å²) in [6.45, 7) is 5.66. The number of piperidine rings is 1. The van der Waals surface area contributed by atoms with E-state index in [2.05, 4.69) is 4.98 Å². The summed E-state index contributed by atoms with van der Waals surface area (Å²) in [5.74, 6) is 0.179. The molecule has 0 saturated carbocycles. The van der Waals surface area contributed by atoms with Crippen LogP contribution in [-0.2, 0) is 27.9 Å². The van der Waals surface area contributed by atoms with Crippen molar-refractivity contribution >= 4 is 27.0 Å². The van der Waals surface area contributed by atoms with E-state index in [0.29, 0.717) is 36.5 Å². The first-order valence-electron chi connectivity index (χ1n) is 10.6. The lowest BCUT2D eigenvalue weighted by molar-refractivity contribution is 0.0458. The lowest BCUT2D eigenvalue weighted by Gasteiger charge is -2.25. The summed E-state index contributed by atoms with van der Waals surface area (Å²) in [5, 5.41) is 0. The zero-order valence-corrected chi connectivity index (χ0v) is 18.7. The zero-order chi connectivity index (χ0) is 22.0. The minimum Gasteiger partial charge on any atom is -0.454 e. The highest BCUT2D eigenvalue weighted by Crippen LogP contribution is 2.25. The number of ether oxygens (including phenoxy) is 1. The summed E-state index contributed by atoms with van der Waals surface area (Å²) in [7, 11) is -3.53. The van der Waals surface area contributed by atoms with Gasteiger partial charge in [-0.3, -0.25) is 0 Å². The van der Waals surface area contributed by atoms with Crippen molar-refractivity contribution in [3.05, 3.63) is 59.4 Å². The Balaban J connectivity index is 1.59. The molecule has 0 N–H and O–H groups in total. The van der Waals surface area contributed by atoms with Crippen LogP contribution in [0.15, 0.2) is 47.4 Å². The standard InChI is InChI=1S/C23H27N3O4S/c1-3-26-21-11-10-19(31(28,29)25-12-5-4-6-13-25)15-20(21)24-22(26)16-30-23(27)18-9-7-8-17(2)14-18/h7-11,14-15H,3-6,12-13,16H2,1-2H3. The molecular weight excluding hydrogens is 414 g/mol. The number of hydrogen-bond acceptors (Lipinski definition) is 5. The highest BCUT2D eigenvalue weighted by atomic mass is 32.2. The Morgan fingerprint density at radius 2 is 1.87 bits per heavy atom. The fraction of sp³-hybridized carbons (Fsp3) is 0.391. The van der Waals surface area contributed by atoms with Gasteiger partial charge in [0.25, 0.3) is 0 Å². The molecule has 31 heavy (non-hydrogen) atoms. The van der Waals surface area contributed by atoms with Gasteiger partial charge in [0.1, 0.15) is 12.4 Å². The van der Waals surface area contributed by atoms with Gasteiger partial charge in [0.15, 0.2) is 0 Å². The molecule has 1 fully saturated rings. The average molecular weight is 442 g/mol. The van der Waals surface area contributed by atoms with Gasteiger partial charge < -0.3 is 9.30 Å². The van der Waals surface area contributed by atoms with Crippen molar-refractivity contribution in [2.75, 3.05) is 13.1 Å². The normalized spacial score (nSPS) is 15.3. The van der Waals surface area contributed by atoms with Crippen molar-refractivity contribution in [2.24, 2.45) is 0 Å². The Hall–Kier alpha value is -2.71. The molecule has 1 aromatic heterocycles. The van der Waals surface area contributed by atoms with Gasteiger partial charge >= 0.3 is 5.97 Å². The third kappa shape index (κ3) is 4.36. The number of esters is 1. The molecule has 0 spiro atoms. The second-order valence-corrected chi connectivity index (χ2v) is 9.77. The number of aryl methyl sites for hydroxylation is 2. The second-order valence-electron chi connectivity index (χ2n) is 7.83. The van der Waals surface area contributed by atoms with Crippen LogP contribution in [0.2, 0.25) is 0 Å². The minimum absolute atomic E-state index is 0.0174. The number of rotatable bonds is 6. The molecule has 164 valence electrons. The number of hydrogen-bond donors (Lipinski definition) is 0. The third-order valence-corrected chi connectivity index (χ3v) is 7.55. The van der Waals surface area contributed by atoms with Gasteiger partial charge in [-0.05, 0) is 57.0 Å². The van der Waals surface area contributed by atoms with Crippen molar-refractivity contribution in [2.45, 2.75) is 51.2 Å². The van der Waals surface area contributed by atoms with Gasteiger partial charge in [0, 0.05) is 19.6 Å². The van der Waals surface area contributed by atoms with Crippen LogP contribution in [0.4, 0.5) is 0 Å². The highest BCUT2D eigenvalue weighted by molar-refractivity contribution is 7.89. The predicted octanol–water partition coefficient (Wildman–Crippen LogP) is 3.90. The van der Waals surface area contributed by atoms with Gasteiger partial charge in [-0.15, -0.1) is 0 Å². The van der Waals surface area contributed by atoms with E-state index >= 15 is 0 Å². The van der Waals surface area contributed by atoms with E-state index in [1.54, 1.807) is 34.6 Å². The molecule has 3 aromatic rings. The van der Waals surface area contributed by atoms with Crippen molar-refractivity contribution in [1.82, 2.24) is 13.9 Å². The van der Waals surface area contributed by atoms with Crippen LogP contribution in [0.5, 0.6) is 0 Å². The molecule has 7 nitrogen and oxygen atoms in total. The number of aromatic nitrogens is 2. The molecule has 2 aromatic carbocycles. The molecule has 1 aliphatic rings. The number of carbonyl (C=O) groups is 1. The molecule has 2 heterocycles. The van der Waals surface area contributed by atoms with Crippen molar-refractivity contribution < 1.29 is 17.9 Å². The Labute approximate surface area is 182 Å². The van der Waals surface area contributed by atoms with Gasteiger partial charge in [-0.25, -0.2) is 18.2 Å². The van der Waals surface area contributed by atoms with Crippen molar-refractivity contribution in [3.8, 4) is 0 Å². The monoisotopic (exact) mass is 441 g/mol. The van der Waals surface area contributed by atoms with Crippen molar-refractivity contribution in [1.29, 1.82) is 0 Å². The second kappa shape index (κ2) is 8.80. The van der Waals surface area contributed by atoms with E-state index in [1.165, 1.54) is 0 Å². The number of benzene rings is 2. The Kier molecular flexibility index (Phi) is 6.11. The van der Waals surface area contributed by atoms with Gasteiger partial charge in [-0.2, -0.15) is 4.31 Å². The lowest BCUT2D eigenvalue weighted by atomic mass is 10.1. The SMILES string of the molecule is CCn1c(COC(=O)c2cccc(C)c2)nc2cc(S(=O)(=O)N3CCCCC3)ccc21.